The van der Waals surface area contributed by atoms with Crippen molar-refractivity contribution >= 4 is 39.7 Å². The van der Waals surface area contributed by atoms with Gasteiger partial charge in [0.2, 0.25) is 11.8 Å². The number of carbonyl (C=O) groups is 3. The van der Waals surface area contributed by atoms with E-state index in [0.717, 1.165) is 16.5 Å². The summed E-state index contributed by atoms with van der Waals surface area (Å²) in [5, 5.41) is 39.2. The Labute approximate surface area is 345 Å². The molecule has 6 aromatic rings. The lowest BCUT2D eigenvalue weighted by Crippen LogP contribution is -2.47. The SMILES string of the molecule is CN(C)C(=O)c1cc2cc([C@H]3CN(C(=O)CCn4ccnn4)CC[C@@H]3O)cc(O[C@@H]3CCN(C(=O)CCn4ccnn4)C[C@H]3c3ccc4oc(C(O)N(C)C)cc4c3)c2o1. The van der Waals surface area contributed by atoms with Crippen molar-refractivity contribution < 1.29 is 38.2 Å². The van der Waals surface area contributed by atoms with Gasteiger partial charge in [0.15, 0.2) is 23.3 Å². The molecule has 2 aliphatic heterocycles. The molecule has 316 valence electrons. The highest BCUT2D eigenvalue weighted by atomic mass is 16.5. The molecule has 0 aliphatic carbocycles. The van der Waals surface area contributed by atoms with Gasteiger partial charge in [-0.2, -0.15) is 0 Å². The van der Waals surface area contributed by atoms with Crippen molar-refractivity contribution in [2.45, 2.75) is 69.0 Å². The topological polar surface area (TPSA) is 202 Å². The molecule has 5 atom stereocenters. The van der Waals surface area contributed by atoms with E-state index in [9.17, 15) is 24.6 Å². The number of piperidine rings is 2. The minimum Gasteiger partial charge on any atom is -0.486 e. The molecule has 2 N–H and O–H groups in total. The number of rotatable bonds is 13. The molecule has 0 saturated carbocycles. The molecule has 0 bridgehead atoms. The Morgan fingerprint density at radius 2 is 1.47 bits per heavy atom. The maximum Gasteiger partial charge on any atom is 0.289 e. The second-order valence-corrected chi connectivity index (χ2v) is 16.1. The second-order valence-electron chi connectivity index (χ2n) is 16.1. The lowest BCUT2D eigenvalue weighted by molar-refractivity contribution is -0.134. The monoisotopic (exact) mass is 822 g/mol. The van der Waals surface area contributed by atoms with E-state index in [2.05, 4.69) is 20.6 Å². The van der Waals surface area contributed by atoms with Crippen molar-refractivity contribution in [1.82, 2.24) is 49.6 Å². The van der Waals surface area contributed by atoms with Crippen molar-refractivity contribution in [3.05, 3.63) is 89.9 Å². The molecule has 8 rings (SSSR count). The fraction of sp³-hybridized carbons (Fsp3) is 0.452. The van der Waals surface area contributed by atoms with E-state index in [1.807, 2.05) is 41.3 Å². The molecule has 0 radical (unpaired) electrons. The molecule has 4 aromatic heterocycles. The van der Waals surface area contributed by atoms with Crippen LogP contribution in [0.3, 0.4) is 0 Å². The van der Waals surface area contributed by atoms with E-state index < -0.39 is 24.4 Å². The van der Waals surface area contributed by atoms with Gasteiger partial charge < -0.3 is 38.5 Å². The number of aliphatic hydroxyl groups is 2. The summed E-state index contributed by atoms with van der Waals surface area (Å²) in [6, 6.07) is 13.1. The number of furan rings is 2. The summed E-state index contributed by atoms with van der Waals surface area (Å²) in [5.41, 5.74) is 2.65. The number of aryl methyl sites for hydroxylation is 2. The molecular weight excluding hydrogens is 773 g/mol. The molecule has 60 heavy (non-hydrogen) atoms. The summed E-state index contributed by atoms with van der Waals surface area (Å²) in [4.78, 5) is 47.0. The lowest BCUT2D eigenvalue weighted by atomic mass is 9.86. The largest absolute Gasteiger partial charge is 0.486 e. The number of nitrogens with zero attached hydrogens (tertiary/aromatic N) is 10. The Hall–Kier alpha value is -6.11. The summed E-state index contributed by atoms with van der Waals surface area (Å²) < 4.78 is 22.5. The molecule has 2 aromatic carbocycles. The maximum atomic E-state index is 13.7. The van der Waals surface area contributed by atoms with E-state index in [-0.39, 0.29) is 48.8 Å². The van der Waals surface area contributed by atoms with Gasteiger partial charge in [0.25, 0.3) is 5.91 Å². The normalized spacial score (nSPS) is 20.2. The number of ether oxygens (including phenoxy) is 1. The minimum atomic E-state index is -0.926. The average Bonchev–Trinajstić information content (AvgIpc) is 4.09. The molecule has 1 unspecified atom stereocenters. The van der Waals surface area contributed by atoms with E-state index in [0.29, 0.717) is 73.6 Å². The van der Waals surface area contributed by atoms with Crippen LogP contribution in [0.1, 0.15) is 71.2 Å². The van der Waals surface area contributed by atoms with Gasteiger partial charge in [-0.05, 0) is 68.0 Å². The first-order valence-corrected chi connectivity index (χ1v) is 20.2. The van der Waals surface area contributed by atoms with Gasteiger partial charge in [0, 0.05) is 94.5 Å². The van der Waals surface area contributed by atoms with Gasteiger partial charge in [-0.1, -0.05) is 16.5 Å². The Morgan fingerprint density at radius 1 is 0.817 bits per heavy atom. The zero-order valence-corrected chi connectivity index (χ0v) is 34.1. The zero-order chi connectivity index (χ0) is 42.1. The third kappa shape index (κ3) is 8.62. The van der Waals surface area contributed by atoms with Gasteiger partial charge in [-0.15, -0.1) is 10.2 Å². The second kappa shape index (κ2) is 17.2. The number of carbonyl (C=O) groups excluding carboxylic acids is 3. The number of likely N-dealkylation sites (tertiary alicyclic amines) is 2. The fourth-order valence-corrected chi connectivity index (χ4v) is 8.18. The standard InChI is InChI=1S/C42H50N10O8/c1-47(2)41(56)36-22-28-19-26(5-6-33(28)58-36)31-25-50(39(55)10-16-52-18-12-44-46-52)14-8-34(31)59-35-21-27(20-29-23-37(60-40(29)35)42(57)48(3)4)30-24-49(13-7-32(30)53)38(54)9-15-51-17-11-43-45-51/h5-6,11-12,17-23,30-32,34,41,53,56H,7-10,13-16,24-25H2,1-4H3/t30-,31+,32+,34-,41?/m1/s1. The van der Waals surface area contributed by atoms with E-state index >= 15 is 0 Å². The van der Waals surface area contributed by atoms with Crippen LogP contribution in [0.25, 0.3) is 21.9 Å². The highest BCUT2D eigenvalue weighted by Crippen LogP contribution is 2.40. The molecule has 2 aliphatic rings. The Balaban J connectivity index is 1.12. The molecule has 18 nitrogen and oxygen atoms in total. The summed E-state index contributed by atoms with van der Waals surface area (Å²) in [6.45, 7) is 2.29. The molecule has 2 saturated heterocycles. The van der Waals surface area contributed by atoms with Crippen LogP contribution >= 0.6 is 0 Å². The summed E-state index contributed by atoms with van der Waals surface area (Å²) in [6.07, 6.45) is 5.82. The highest BCUT2D eigenvalue weighted by molar-refractivity contribution is 5.97. The average molecular weight is 823 g/mol. The van der Waals surface area contributed by atoms with Crippen LogP contribution in [0.5, 0.6) is 5.75 Å². The summed E-state index contributed by atoms with van der Waals surface area (Å²) in [7, 11) is 6.83. The van der Waals surface area contributed by atoms with Gasteiger partial charge in [0.1, 0.15) is 17.4 Å². The van der Waals surface area contributed by atoms with Crippen LogP contribution in [-0.2, 0) is 22.7 Å². The molecule has 3 amide bonds. The zero-order valence-electron chi connectivity index (χ0n) is 34.1. The highest BCUT2D eigenvalue weighted by Gasteiger charge is 2.37. The molecule has 6 heterocycles. The number of aromatic nitrogens is 6. The summed E-state index contributed by atoms with van der Waals surface area (Å²) in [5.74, 6) is -0.211. The third-order valence-electron chi connectivity index (χ3n) is 11.5. The number of aliphatic hydroxyl groups excluding tert-OH is 2. The van der Waals surface area contributed by atoms with Crippen molar-refractivity contribution in [1.29, 1.82) is 0 Å². The first-order valence-electron chi connectivity index (χ1n) is 20.2. The number of fused-ring (bicyclic) bond motifs is 2. The first kappa shape index (κ1) is 40.7. The van der Waals surface area contributed by atoms with Crippen LogP contribution in [-0.4, -0.2) is 144 Å². The van der Waals surface area contributed by atoms with Gasteiger partial charge in [-0.25, -0.2) is 0 Å². The molecular formula is C42H50N10O8. The van der Waals surface area contributed by atoms with Crippen molar-refractivity contribution in [3.8, 4) is 5.75 Å². The van der Waals surface area contributed by atoms with Crippen LogP contribution in [0.2, 0.25) is 0 Å². The number of benzene rings is 2. The van der Waals surface area contributed by atoms with Crippen LogP contribution < -0.4 is 4.74 Å². The number of amides is 3. The van der Waals surface area contributed by atoms with Crippen molar-refractivity contribution in [2.75, 3.05) is 54.4 Å². The van der Waals surface area contributed by atoms with Crippen molar-refractivity contribution in [3.63, 3.8) is 0 Å². The number of hydrogen-bond donors (Lipinski definition) is 2. The Kier molecular flexibility index (Phi) is 11.7. The van der Waals surface area contributed by atoms with Gasteiger partial charge in [-0.3, -0.25) is 28.6 Å². The van der Waals surface area contributed by atoms with E-state index in [4.69, 9.17) is 13.6 Å². The maximum absolute atomic E-state index is 13.7. The predicted molar refractivity (Wildman–Crippen MR) is 217 cm³/mol. The lowest BCUT2D eigenvalue weighted by Gasteiger charge is -2.39. The molecule has 0 spiro atoms. The Morgan fingerprint density at radius 3 is 2.10 bits per heavy atom. The smallest absolute Gasteiger partial charge is 0.289 e. The van der Waals surface area contributed by atoms with Gasteiger partial charge >= 0.3 is 0 Å². The quantitative estimate of drug-likeness (QED) is 0.161. The van der Waals surface area contributed by atoms with E-state index in [1.54, 1.807) is 78.2 Å². The van der Waals surface area contributed by atoms with Crippen LogP contribution in [0.15, 0.2) is 76.1 Å². The van der Waals surface area contributed by atoms with Crippen LogP contribution in [0.4, 0.5) is 0 Å². The fourth-order valence-electron chi connectivity index (χ4n) is 8.18. The van der Waals surface area contributed by atoms with Crippen molar-refractivity contribution in [2.24, 2.45) is 0 Å². The minimum absolute atomic E-state index is 0.0244. The van der Waals surface area contributed by atoms with E-state index in [1.165, 1.54) is 4.90 Å². The number of hydrogen-bond acceptors (Lipinski definition) is 13. The Bertz CT molecular complexity index is 2440. The predicted octanol–water partition coefficient (Wildman–Crippen LogP) is 3.24. The first-order chi connectivity index (χ1) is 28.9. The third-order valence-corrected chi connectivity index (χ3v) is 11.5. The summed E-state index contributed by atoms with van der Waals surface area (Å²) >= 11 is 0. The molecule has 2 fully saturated rings. The van der Waals surface area contributed by atoms with Crippen LogP contribution in [0, 0.1) is 0 Å². The molecule has 18 heteroatoms. The van der Waals surface area contributed by atoms with Gasteiger partial charge in [0.05, 0.1) is 31.6 Å².